The number of hydrogen-bond acceptors (Lipinski definition) is 3. The van der Waals surface area contributed by atoms with Gasteiger partial charge in [-0.05, 0) is 54.8 Å². The zero-order valence-corrected chi connectivity index (χ0v) is 14.2. The van der Waals surface area contributed by atoms with Gasteiger partial charge in [0.1, 0.15) is 5.82 Å². The first-order chi connectivity index (χ1) is 12.3. The standard InChI is InChI=1S/C21H20N4/c22-13-15-3-5-16(6-4-15)17-7-8-20-19(12-17)23-21-9-11-24-10-1-2-18(24)14-25(20)21/h3-8,12,18H,1-2,9-11,14H2. The normalized spacial score (nSPS) is 20.0. The number of hydrogen-bond donors (Lipinski definition) is 0. The van der Waals surface area contributed by atoms with Crippen LogP contribution in [0.1, 0.15) is 24.2 Å². The van der Waals surface area contributed by atoms with Crippen LogP contribution < -0.4 is 0 Å². The Morgan fingerprint density at radius 1 is 1.04 bits per heavy atom. The highest BCUT2D eigenvalue weighted by atomic mass is 15.2. The van der Waals surface area contributed by atoms with E-state index in [2.05, 4.69) is 33.7 Å². The monoisotopic (exact) mass is 328 g/mol. The number of nitrogens with zero attached hydrogens (tertiary/aromatic N) is 4. The molecule has 4 nitrogen and oxygen atoms in total. The molecule has 1 aromatic heterocycles. The third-order valence-corrected chi connectivity index (χ3v) is 5.69. The summed E-state index contributed by atoms with van der Waals surface area (Å²) in [4.78, 5) is 7.57. The molecule has 5 rings (SSSR count). The maximum absolute atomic E-state index is 8.96. The van der Waals surface area contributed by atoms with E-state index in [1.54, 1.807) is 0 Å². The van der Waals surface area contributed by atoms with Crippen molar-refractivity contribution in [3.05, 3.63) is 53.9 Å². The van der Waals surface area contributed by atoms with Crippen LogP contribution in [-0.2, 0) is 13.0 Å². The molecule has 0 amide bonds. The van der Waals surface area contributed by atoms with E-state index in [0.717, 1.165) is 36.2 Å². The molecule has 1 saturated heterocycles. The highest BCUT2D eigenvalue weighted by Gasteiger charge is 2.29. The van der Waals surface area contributed by atoms with Crippen LogP contribution in [0.4, 0.5) is 0 Å². The predicted molar refractivity (Wildman–Crippen MR) is 98.2 cm³/mol. The third-order valence-electron chi connectivity index (χ3n) is 5.69. The number of imidazole rings is 1. The fraction of sp³-hybridized carbons (Fsp3) is 0.333. The van der Waals surface area contributed by atoms with Gasteiger partial charge < -0.3 is 4.57 Å². The van der Waals surface area contributed by atoms with Gasteiger partial charge in [0.2, 0.25) is 0 Å². The molecule has 3 aromatic rings. The Balaban J connectivity index is 1.55. The lowest BCUT2D eigenvalue weighted by atomic mass is 10.0. The van der Waals surface area contributed by atoms with Gasteiger partial charge in [0.15, 0.2) is 0 Å². The van der Waals surface area contributed by atoms with E-state index in [1.807, 2.05) is 24.3 Å². The molecule has 0 spiro atoms. The third kappa shape index (κ3) is 2.43. The summed E-state index contributed by atoms with van der Waals surface area (Å²) in [5.41, 5.74) is 5.32. The molecule has 1 unspecified atom stereocenters. The first kappa shape index (κ1) is 14.7. The molecular weight excluding hydrogens is 308 g/mol. The summed E-state index contributed by atoms with van der Waals surface area (Å²) in [5, 5.41) is 8.96. The van der Waals surface area contributed by atoms with E-state index in [-0.39, 0.29) is 0 Å². The number of benzene rings is 2. The summed E-state index contributed by atoms with van der Waals surface area (Å²) in [7, 11) is 0. The highest BCUT2D eigenvalue weighted by molar-refractivity contribution is 5.82. The van der Waals surface area contributed by atoms with Crippen molar-refractivity contribution >= 4 is 11.0 Å². The summed E-state index contributed by atoms with van der Waals surface area (Å²) in [5.74, 6) is 1.22. The van der Waals surface area contributed by atoms with Crippen molar-refractivity contribution in [2.45, 2.75) is 31.8 Å². The minimum Gasteiger partial charge on any atom is -0.326 e. The summed E-state index contributed by atoms with van der Waals surface area (Å²) < 4.78 is 2.44. The van der Waals surface area contributed by atoms with Gasteiger partial charge >= 0.3 is 0 Å². The quantitative estimate of drug-likeness (QED) is 0.686. The van der Waals surface area contributed by atoms with Crippen molar-refractivity contribution in [1.29, 1.82) is 5.26 Å². The molecule has 3 heterocycles. The summed E-state index contributed by atoms with van der Waals surface area (Å²) in [6.07, 6.45) is 3.68. The molecule has 1 atom stereocenters. The summed E-state index contributed by atoms with van der Waals surface area (Å²) >= 11 is 0. The van der Waals surface area contributed by atoms with E-state index < -0.39 is 0 Å². The van der Waals surface area contributed by atoms with E-state index in [9.17, 15) is 0 Å². The van der Waals surface area contributed by atoms with Crippen molar-refractivity contribution in [2.24, 2.45) is 0 Å². The molecule has 0 N–H and O–H groups in total. The molecular formula is C21H20N4. The molecule has 124 valence electrons. The van der Waals surface area contributed by atoms with Gasteiger partial charge in [-0.1, -0.05) is 18.2 Å². The number of aromatic nitrogens is 2. The molecule has 0 saturated carbocycles. The Morgan fingerprint density at radius 3 is 2.72 bits per heavy atom. The molecule has 25 heavy (non-hydrogen) atoms. The number of nitriles is 1. The fourth-order valence-electron chi connectivity index (χ4n) is 4.34. The SMILES string of the molecule is N#Cc1ccc(-c2ccc3c(c2)nc2n3CC3CCCN3CC2)cc1. The topological polar surface area (TPSA) is 44.9 Å². The molecule has 4 heteroatoms. The smallest absolute Gasteiger partial charge is 0.111 e. The Hall–Kier alpha value is -2.64. The number of rotatable bonds is 1. The van der Waals surface area contributed by atoms with Crippen LogP contribution in [0.25, 0.3) is 22.2 Å². The van der Waals surface area contributed by atoms with Crippen LogP contribution in [0.3, 0.4) is 0 Å². The number of fused-ring (bicyclic) bond motifs is 4. The van der Waals surface area contributed by atoms with Crippen LogP contribution in [0.15, 0.2) is 42.5 Å². The minimum absolute atomic E-state index is 0.678. The van der Waals surface area contributed by atoms with E-state index in [1.165, 1.54) is 30.7 Å². The Labute approximate surface area is 147 Å². The van der Waals surface area contributed by atoms with Crippen molar-refractivity contribution < 1.29 is 0 Å². The van der Waals surface area contributed by atoms with Crippen LogP contribution >= 0.6 is 0 Å². The van der Waals surface area contributed by atoms with E-state index in [0.29, 0.717) is 11.6 Å². The average Bonchev–Trinajstić information content (AvgIpc) is 3.20. The van der Waals surface area contributed by atoms with Crippen LogP contribution in [0, 0.1) is 11.3 Å². The maximum atomic E-state index is 8.96. The summed E-state index contributed by atoms with van der Waals surface area (Å²) in [6, 6.07) is 17.2. The van der Waals surface area contributed by atoms with Crippen molar-refractivity contribution in [3.8, 4) is 17.2 Å². The van der Waals surface area contributed by atoms with Gasteiger partial charge in [0.25, 0.3) is 0 Å². The highest BCUT2D eigenvalue weighted by Crippen LogP contribution is 2.29. The van der Waals surface area contributed by atoms with E-state index in [4.69, 9.17) is 10.2 Å². The Kier molecular flexibility index (Phi) is 3.36. The van der Waals surface area contributed by atoms with Crippen molar-refractivity contribution in [1.82, 2.24) is 14.5 Å². The van der Waals surface area contributed by atoms with Crippen molar-refractivity contribution in [3.63, 3.8) is 0 Å². The zero-order valence-electron chi connectivity index (χ0n) is 14.2. The van der Waals surface area contributed by atoms with Crippen LogP contribution in [0.5, 0.6) is 0 Å². The molecule has 2 aliphatic rings. The molecule has 0 bridgehead atoms. The summed E-state index contributed by atoms with van der Waals surface area (Å²) in [6.45, 7) is 3.45. The fourth-order valence-corrected chi connectivity index (χ4v) is 4.34. The Morgan fingerprint density at radius 2 is 1.88 bits per heavy atom. The van der Waals surface area contributed by atoms with Crippen molar-refractivity contribution in [2.75, 3.05) is 13.1 Å². The first-order valence-corrected chi connectivity index (χ1v) is 9.05. The average molecular weight is 328 g/mol. The minimum atomic E-state index is 0.678. The first-order valence-electron chi connectivity index (χ1n) is 9.05. The van der Waals surface area contributed by atoms with Gasteiger partial charge in [-0.25, -0.2) is 4.98 Å². The second-order valence-corrected chi connectivity index (χ2v) is 7.11. The lowest BCUT2D eigenvalue weighted by Gasteiger charge is -2.21. The van der Waals surface area contributed by atoms with Gasteiger partial charge in [-0.15, -0.1) is 0 Å². The lowest BCUT2D eigenvalue weighted by Crippen LogP contribution is -2.31. The second-order valence-electron chi connectivity index (χ2n) is 7.11. The Bertz CT molecular complexity index is 978. The zero-order chi connectivity index (χ0) is 16.8. The van der Waals surface area contributed by atoms with Gasteiger partial charge in [0.05, 0.1) is 22.7 Å². The largest absolute Gasteiger partial charge is 0.326 e. The van der Waals surface area contributed by atoms with E-state index >= 15 is 0 Å². The van der Waals surface area contributed by atoms with Gasteiger partial charge in [-0.2, -0.15) is 5.26 Å². The lowest BCUT2D eigenvalue weighted by molar-refractivity contribution is 0.252. The van der Waals surface area contributed by atoms with Crippen LogP contribution in [-0.4, -0.2) is 33.6 Å². The van der Waals surface area contributed by atoms with Crippen LogP contribution in [0.2, 0.25) is 0 Å². The second kappa shape index (κ2) is 5.72. The van der Waals surface area contributed by atoms with Gasteiger partial charge in [-0.3, -0.25) is 4.90 Å². The molecule has 0 radical (unpaired) electrons. The van der Waals surface area contributed by atoms with Gasteiger partial charge in [0, 0.05) is 25.6 Å². The molecule has 0 aliphatic carbocycles. The molecule has 1 fully saturated rings. The predicted octanol–water partition coefficient (Wildman–Crippen LogP) is 3.60. The molecule has 2 aliphatic heterocycles. The maximum Gasteiger partial charge on any atom is 0.111 e. The molecule has 2 aromatic carbocycles.